The molecule has 8 heteroatoms. The second-order valence-electron chi connectivity index (χ2n) is 7.56. The van der Waals surface area contributed by atoms with Gasteiger partial charge in [-0.05, 0) is 30.5 Å². The average molecular weight is 453 g/mol. The van der Waals surface area contributed by atoms with Crippen molar-refractivity contribution < 1.29 is 19.0 Å². The van der Waals surface area contributed by atoms with E-state index in [0.717, 1.165) is 47.5 Å². The Morgan fingerprint density at radius 2 is 1.90 bits per heavy atom. The molecule has 3 aliphatic rings. The number of morpholine rings is 1. The molecular weight excluding hydrogens is 427 g/mol. The minimum absolute atomic E-state index is 0. The van der Waals surface area contributed by atoms with Crippen molar-refractivity contribution in [3.05, 3.63) is 47.5 Å². The highest BCUT2D eigenvalue weighted by molar-refractivity contribution is 5.97. The number of hydrogen-bond donors (Lipinski definition) is 1. The van der Waals surface area contributed by atoms with Gasteiger partial charge in [0, 0.05) is 17.7 Å². The first-order valence-corrected chi connectivity index (χ1v) is 9.80. The normalized spacial score (nSPS) is 21.6. The second-order valence-corrected chi connectivity index (χ2v) is 7.56. The van der Waals surface area contributed by atoms with Gasteiger partial charge in [-0.2, -0.15) is 0 Å². The number of carbonyl (C=O) groups excluding carboxylic acids is 1. The summed E-state index contributed by atoms with van der Waals surface area (Å²) < 4.78 is 16.7. The fraction of sp³-hybridized carbons (Fsp3) is 0.409. The SMILES string of the molecule is COC(=O)c1ccc(-c2cccc3c2OCNC3)cc1N1C2CCC1COC2.Cl.Cl. The maximum atomic E-state index is 12.5. The van der Waals surface area contributed by atoms with Crippen LogP contribution in [0.1, 0.15) is 28.8 Å². The topological polar surface area (TPSA) is 60.0 Å². The molecule has 1 N–H and O–H groups in total. The number of methoxy groups -OCH3 is 1. The molecule has 2 fully saturated rings. The second kappa shape index (κ2) is 9.43. The van der Waals surface area contributed by atoms with Crippen LogP contribution in [0.15, 0.2) is 36.4 Å². The molecule has 0 amide bonds. The Labute approximate surface area is 188 Å². The Morgan fingerprint density at radius 1 is 1.13 bits per heavy atom. The number of carbonyl (C=O) groups is 1. The zero-order chi connectivity index (χ0) is 19.1. The third kappa shape index (κ3) is 3.85. The van der Waals surface area contributed by atoms with Gasteiger partial charge in [-0.25, -0.2) is 4.79 Å². The summed E-state index contributed by atoms with van der Waals surface area (Å²) in [6, 6.07) is 12.8. The van der Waals surface area contributed by atoms with Crippen LogP contribution in [0.4, 0.5) is 5.69 Å². The molecule has 0 aliphatic carbocycles. The molecule has 0 aromatic heterocycles. The first-order chi connectivity index (χ1) is 13.8. The maximum Gasteiger partial charge on any atom is 0.339 e. The minimum atomic E-state index is -0.303. The van der Waals surface area contributed by atoms with Gasteiger partial charge < -0.3 is 19.1 Å². The van der Waals surface area contributed by atoms with Gasteiger partial charge in [-0.15, -0.1) is 24.8 Å². The van der Waals surface area contributed by atoms with Crippen LogP contribution in [0.5, 0.6) is 5.75 Å². The van der Waals surface area contributed by atoms with Gasteiger partial charge in [0.05, 0.1) is 43.7 Å². The van der Waals surface area contributed by atoms with Crippen LogP contribution >= 0.6 is 24.8 Å². The number of nitrogens with one attached hydrogen (secondary N) is 1. The van der Waals surface area contributed by atoms with E-state index in [4.69, 9.17) is 14.2 Å². The summed E-state index contributed by atoms with van der Waals surface area (Å²) >= 11 is 0. The van der Waals surface area contributed by atoms with E-state index in [1.807, 2.05) is 12.1 Å². The molecule has 162 valence electrons. The van der Waals surface area contributed by atoms with E-state index in [9.17, 15) is 4.79 Å². The summed E-state index contributed by atoms with van der Waals surface area (Å²) in [7, 11) is 1.43. The summed E-state index contributed by atoms with van der Waals surface area (Å²) in [5, 5.41) is 3.23. The molecule has 2 saturated heterocycles. The Morgan fingerprint density at radius 3 is 2.63 bits per heavy atom. The first-order valence-electron chi connectivity index (χ1n) is 9.80. The van der Waals surface area contributed by atoms with E-state index in [1.165, 1.54) is 7.11 Å². The van der Waals surface area contributed by atoms with Gasteiger partial charge in [0.2, 0.25) is 0 Å². The van der Waals surface area contributed by atoms with Crippen LogP contribution in [-0.2, 0) is 16.0 Å². The lowest BCUT2D eigenvalue weighted by Gasteiger charge is -2.37. The Kier molecular flexibility index (Phi) is 7.14. The van der Waals surface area contributed by atoms with Gasteiger partial charge in [0.15, 0.2) is 0 Å². The number of esters is 1. The lowest BCUT2D eigenvalue weighted by Crippen LogP contribution is -2.46. The molecule has 3 heterocycles. The third-order valence-corrected chi connectivity index (χ3v) is 5.96. The number of halogens is 2. The average Bonchev–Trinajstić information content (AvgIpc) is 3.00. The molecule has 2 unspecified atom stereocenters. The number of anilines is 1. The van der Waals surface area contributed by atoms with Gasteiger partial charge in [-0.1, -0.05) is 24.3 Å². The fourth-order valence-electron chi connectivity index (χ4n) is 4.65. The molecule has 6 nitrogen and oxygen atoms in total. The minimum Gasteiger partial charge on any atom is -0.477 e. The molecule has 2 bridgehead atoms. The molecule has 3 aliphatic heterocycles. The zero-order valence-corrected chi connectivity index (χ0v) is 18.4. The van der Waals surface area contributed by atoms with E-state index < -0.39 is 0 Å². The van der Waals surface area contributed by atoms with Crippen LogP contribution in [0.3, 0.4) is 0 Å². The van der Waals surface area contributed by atoms with Crippen LogP contribution in [0, 0.1) is 0 Å². The van der Waals surface area contributed by atoms with Crippen LogP contribution in [0.2, 0.25) is 0 Å². The highest BCUT2D eigenvalue weighted by Crippen LogP contribution is 2.41. The quantitative estimate of drug-likeness (QED) is 0.714. The predicted molar refractivity (Wildman–Crippen MR) is 120 cm³/mol. The van der Waals surface area contributed by atoms with Crippen molar-refractivity contribution >= 4 is 36.5 Å². The first kappa shape index (κ1) is 22.7. The van der Waals surface area contributed by atoms with Crippen molar-refractivity contribution in [3.8, 4) is 16.9 Å². The summed E-state index contributed by atoms with van der Waals surface area (Å²) in [5.41, 5.74) is 4.79. The molecule has 2 aromatic carbocycles. The smallest absolute Gasteiger partial charge is 0.339 e. The lowest BCUT2D eigenvalue weighted by molar-refractivity contribution is 0.0598. The van der Waals surface area contributed by atoms with Crippen molar-refractivity contribution in [2.75, 3.05) is 32.0 Å². The molecule has 2 atom stereocenters. The van der Waals surface area contributed by atoms with Gasteiger partial charge >= 0.3 is 5.97 Å². The number of ether oxygens (including phenoxy) is 3. The largest absolute Gasteiger partial charge is 0.477 e. The monoisotopic (exact) mass is 452 g/mol. The molecule has 0 saturated carbocycles. The van der Waals surface area contributed by atoms with E-state index in [0.29, 0.717) is 37.6 Å². The van der Waals surface area contributed by atoms with Crippen molar-refractivity contribution in [1.29, 1.82) is 0 Å². The Balaban J connectivity index is 0.00000128. The van der Waals surface area contributed by atoms with E-state index in [-0.39, 0.29) is 30.8 Å². The molecule has 0 spiro atoms. The van der Waals surface area contributed by atoms with E-state index in [2.05, 4.69) is 34.5 Å². The summed E-state index contributed by atoms with van der Waals surface area (Å²) in [6.07, 6.45) is 2.18. The summed E-state index contributed by atoms with van der Waals surface area (Å²) in [5.74, 6) is 0.617. The number of nitrogens with zero attached hydrogens (tertiary/aromatic N) is 1. The molecule has 2 aromatic rings. The van der Waals surface area contributed by atoms with Crippen molar-refractivity contribution in [2.45, 2.75) is 31.5 Å². The highest BCUT2D eigenvalue weighted by Gasteiger charge is 2.39. The van der Waals surface area contributed by atoms with Crippen molar-refractivity contribution in [3.63, 3.8) is 0 Å². The Bertz CT molecular complexity index is 908. The number of benzene rings is 2. The van der Waals surface area contributed by atoms with Gasteiger partial charge in [0.25, 0.3) is 0 Å². The maximum absolute atomic E-state index is 12.5. The van der Waals surface area contributed by atoms with Crippen LogP contribution < -0.4 is 15.0 Å². The molecule has 30 heavy (non-hydrogen) atoms. The van der Waals surface area contributed by atoms with E-state index >= 15 is 0 Å². The third-order valence-electron chi connectivity index (χ3n) is 5.96. The summed E-state index contributed by atoms with van der Waals surface area (Å²) in [4.78, 5) is 14.9. The van der Waals surface area contributed by atoms with E-state index in [1.54, 1.807) is 0 Å². The van der Waals surface area contributed by atoms with Crippen LogP contribution in [-0.4, -0.2) is 45.1 Å². The number of para-hydroxylation sites is 1. The molecule has 5 rings (SSSR count). The number of rotatable bonds is 3. The number of hydrogen-bond acceptors (Lipinski definition) is 6. The highest BCUT2D eigenvalue weighted by atomic mass is 35.5. The van der Waals surface area contributed by atoms with Crippen molar-refractivity contribution in [2.24, 2.45) is 0 Å². The van der Waals surface area contributed by atoms with Crippen molar-refractivity contribution in [1.82, 2.24) is 5.32 Å². The number of fused-ring (bicyclic) bond motifs is 3. The zero-order valence-electron chi connectivity index (χ0n) is 16.8. The Hall–Kier alpha value is -1.99. The molecular formula is C22H26Cl2N2O4. The van der Waals surface area contributed by atoms with Gasteiger partial charge in [-0.3, -0.25) is 5.32 Å². The predicted octanol–water partition coefficient (Wildman–Crippen LogP) is 3.79. The summed E-state index contributed by atoms with van der Waals surface area (Å²) in [6.45, 7) is 2.71. The lowest BCUT2D eigenvalue weighted by atomic mass is 9.97. The standard InChI is InChI=1S/C22H24N2O4.2ClH/c1-26-22(25)19-8-5-14(18-4-2-3-15-10-23-13-28-21(15)18)9-20(19)24-16-6-7-17(24)12-27-11-16;;/h2-5,8-9,16-17,23H,6-7,10-13H2,1H3;2*1H. The molecule has 0 radical (unpaired) electrons. The van der Waals surface area contributed by atoms with Gasteiger partial charge in [0.1, 0.15) is 12.5 Å². The fourth-order valence-corrected chi connectivity index (χ4v) is 4.65. The van der Waals surface area contributed by atoms with Crippen LogP contribution in [0.25, 0.3) is 11.1 Å².